The van der Waals surface area contributed by atoms with Crippen LogP contribution in [0.3, 0.4) is 0 Å². The van der Waals surface area contributed by atoms with Crippen molar-refractivity contribution in [1.29, 1.82) is 0 Å². The van der Waals surface area contributed by atoms with Crippen molar-refractivity contribution in [3.8, 4) is 5.82 Å². The van der Waals surface area contributed by atoms with Gasteiger partial charge < -0.3 is 18.8 Å². The zero-order valence-electron chi connectivity index (χ0n) is 17.0. The highest BCUT2D eigenvalue weighted by atomic mass is 19.3. The van der Waals surface area contributed by atoms with E-state index in [2.05, 4.69) is 15.0 Å². The van der Waals surface area contributed by atoms with Crippen molar-refractivity contribution in [2.45, 2.75) is 69.9 Å². The Labute approximate surface area is 170 Å². The summed E-state index contributed by atoms with van der Waals surface area (Å²) in [5.41, 5.74) is 1.39. The Kier molecular flexibility index (Phi) is 3.32. The molecule has 2 aliphatic heterocycles. The van der Waals surface area contributed by atoms with Gasteiger partial charge in [0.1, 0.15) is 18.5 Å². The fourth-order valence-corrected chi connectivity index (χ4v) is 4.84. The number of aryl methyl sites for hydroxylation is 2. The molecule has 0 bridgehead atoms. The number of imidazole rings is 1. The van der Waals surface area contributed by atoms with Gasteiger partial charge in [-0.3, -0.25) is 4.57 Å². The average Bonchev–Trinajstić information content (AvgIpc) is 3.14. The van der Waals surface area contributed by atoms with Gasteiger partial charge in [0.25, 0.3) is 5.92 Å². The first-order chi connectivity index (χ1) is 14.1. The number of rotatable bonds is 2. The van der Waals surface area contributed by atoms with Crippen LogP contribution in [-0.2, 0) is 14.2 Å². The van der Waals surface area contributed by atoms with Crippen LogP contribution in [0.15, 0.2) is 24.8 Å². The van der Waals surface area contributed by atoms with Crippen molar-refractivity contribution < 1.29 is 23.0 Å². The molecule has 0 amide bonds. The number of halogens is 2. The van der Waals surface area contributed by atoms with E-state index in [0.717, 1.165) is 11.4 Å². The predicted molar refractivity (Wildman–Crippen MR) is 100 cm³/mol. The monoisotopic (exact) mass is 417 g/mol. The highest BCUT2D eigenvalue weighted by molar-refractivity contribution is 5.78. The first-order valence-electron chi connectivity index (χ1n) is 9.88. The van der Waals surface area contributed by atoms with Crippen LogP contribution < -0.4 is 0 Å². The van der Waals surface area contributed by atoms with Crippen LogP contribution in [0.2, 0.25) is 0 Å². The van der Waals surface area contributed by atoms with E-state index >= 15 is 0 Å². The largest absolute Gasteiger partial charge is 0.341 e. The van der Waals surface area contributed by atoms with Crippen molar-refractivity contribution in [2.24, 2.45) is 0 Å². The van der Waals surface area contributed by atoms with Gasteiger partial charge in [-0.25, -0.2) is 23.7 Å². The Hall–Kier alpha value is -2.43. The summed E-state index contributed by atoms with van der Waals surface area (Å²) < 4.78 is 50.1. The van der Waals surface area contributed by atoms with E-state index in [9.17, 15) is 8.78 Å². The van der Waals surface area contributed by atoms with Gasteiger partial charge >= 0.3 is 0 Å². The zero-order chi connectivity index (χ0) is 21.1. The summed E-state index contributed by atoms with van der Waals surface area (Å²) in [6.45, 7) is 7.40. The van der Waals surface area contributed by atoms with Crippen molar-refractivity contribution >= 4 is 11.2 Å². The third-order valence-electron chi connectivity index (χ3n) is 6.28. The predicted octanol–water partition coefficient (Wildman–Crippen LogP) is 3.06. The van der Waals surface area contributed by atoms with Crippen LogP contribution in [0, 0.1) is 13.8 Å². The molecule has 0 unspecified atom stereocenters. The highest BCUT2D eigenvalue weighted by Crippen LogP contribution is 2.66. The van der Waals surface area contributed by atoms with Crippen molar-refractivity contribution in [1.82, 2.24) is 24.1 Å². The van der Waals surface area contributed by atoms with Crippen LogP contribution >= 0.6 is 0 Å². The summed E-state index contributed by atoms with van der Waals surface area (Å²) in [4.78, 5) is 13.3. The molecule has 3 aliphatic rings. The number of fused-ring (bicyclic) bond motifs is 3. The lowest BCUT2D eigenvalue weighted by atomic mass is 10.1. The van der Waals surface area contributed by atoms with Crippen LogP contribution in [0.5, 0.6) is 0 Å². The van der Waals surface area contributed by atoms with E-state index < -0.39 is 35.7 Å². The molecule has 6 rings (SSSR count). The van der Waals surface area contributed by atoms with Crippen LogP contribution in [0.1, 0.15) is 37.9 Å². The molecule has 0 radical (unpaired) electrons. The third kappa shape index (κ3) is 2.21. The minimum atomic E-state index is -2.95. The molecule has 3 aromatic rings. The summed E-state index contributed by atoms with van der Waals surface area (Å²) in [5, 5.41) is 0. The molecule has 1 aliphatic carbocycles. The Morgan fingerprint density at radius 3 is 2.40 bits per heavy atom. The van der Waals surface area contributed by atoms with Gasteiger partial charge in [0, 0.05) is 11.4 Å². The number of hydrogen-bond acceptors (Lipinski definition) is 6. The number of alkyl halides is 2. The standard InChI is InChI=1S/C20H21F2N5O3/c1-10-5-6-11(2)27(10)16-12-15(23-8-24-16)26(9-25-12)17-13-14(29-18(3,4)28-13)19(30-17)7-20(19,21)22/h5-6,8-9,13-14,17H,7H2,1-4H3/t13-,14+,17-,19+/m1/s1. The second-order valence-corrected chi connectivity index (χ2v) is 8.77. The molecule has 5 heterocycles. The molecule has 1 saturated carbocycles. The molecular weight excluding hydrogens is 396 g/mol. The van der Waals surface area contributed by atoms with E-state index in [1.165, 1.54) is 6.33 Å². The summed E-state index contributed by atoms with van der Waals surface area (Å²) in [6.07, 6.45) is 0.223. The Morgan fingerprint density at radius 1 is 1.03 bits per heavy atom. The van der Waals surface area contributed by atoms with E-state index in [1.54, 1.807) is 24.7 Å². The molecule has 158 valence electrons. The van der Waals surface area contributed by atoms with Crippen LogP contribution in [0.4, 0.5) is 8.78 Å². The molecule has 2 saturated heterocycles. The Morgan fingerprint density at radius 2 is 1.73 bits per heavy atom. The molecular formula is C20H21F2N5O3. The minimum Gasteiger partial charge on any atom is -0.341 e. The van der Waals surface area contributed by atoms with E-state index in [-0.39, 0.29) is 6.42 Å². The molecule has 4 atom stereocenters. The molecule has 1 spiro atoms. The van der Waals surface area contributed by atoms with E-state index in [4.69, 9.17) is 14.2 Å². The van der Waals surface area contributed by atoms with Crippen molar-refractivity contribution in [3.05, 3.63) is 36.2 Å². The maximum Gasteiger partial charge on any atom is 0.282 e. The molecule has 3 aromatic heterocycles. The normalized spacial score (nSPS) is 33.5. The number of nitrogens with zero attached hydrogens (tertiary/aromatic N) is 5. The first kappa shape index (κ1) is 18.3. The van der Waals surface area contributed by atoms with Gasteiger partial charge in [-0.2, -0.15) is 0 Å². The Bertz CT molecular complexity index is 1170. The fraction of sp³-hybridized carbons (Fsp3) is 0.550. The molecule has 10 heteroatoms. The number of aromatic nitrogens is 5. The molecule has 3 fully saturated rings. The van der Waals surface area contributed by atoms with Crippen molar-refractivity contribution in [3.63, 3.8) is 0 Å². The zero-order valence-corrected chi connectivity index (χ0v) is 17.0. The lowest BCUT2D eigenvalue weighted by molar-refractivity contribution is -0.213. The maximum atomic E-state index is 14.3. The topological polar surface area (TPSA) is 76.2 Å². The smallest absolute Gasteiger partial charge is 0.282 e. The first-order valence-corrected chi connectivity index (χ1v) is 9.88. The van der Waals surface area contributed by atoms with E-state index in [0.29, 0.717) is 17.0 Å². The number of hydrogen-bond donors (Lipinski definition) is 0. The second kappa shape index (κ2) is 5.43. The van der Waals surface area contributed by atoms with Gasteiger partial charge in [-0.1, -0.05) is 0 Å². The van der Waals surface area contributed by atoms with Gasteiger partial charge in [-0.05, 0) is 39.8 Å². The minimum absolute atomic E-state index is 0.383. The molecule has 0 aromatic carbocycles. The number of ether oxygens (including phenoxy) is 3. The summed E-state index contributed by atoms with van der Waals surface area (Å²) >= 11 is 0. The average molecular weight is 417 g/mol. The lowest BCUT2D eigenvalue weighted by Gasteiger charge is -2.24. The van der Waals surface area contributed by atoms with E-state index in [1.807, 2.05) is 30.5 Å². The van der Waals surface area contributed by atoms with Gasteiger partial charge in [-0.15, -0.1) is 0 Å². The van der Waals surface area contributed by atoms with Gasteiger partial charge in [0.15, 0.2) is 34.6 Å². The van der Waals surface area contributed by atoms with Crippen LogP contribution in [0.25, 0.3) is 17.0 Å². The van der Waals surface area contributed by atoms with Crippen LogP contribution in [-0.4, -0.2) is 53.6 Å². The summed E-state index contributed by atoms with van der Waals surface area (Å²) in [7, 11) is 0. The lowest BCUT2D eigenvalue weighted by Crippen LogP contribution is -2.35. The molecule has 30 heavy (non-hydrogen) atoms. The summed E-state index contributed by atoms with van der Waals surface area (Å²) in [5.74, 6) is -3.30. The van der Waals surface area contributed by atoms with Gasteiger partial charge in [0.2, 0.25) is 0 Å². The Balaban J connectivity index is 1.48. The fourth-order valence-electron chi connectivity index (χ4n) is 4.84. The maximum absolute atomic E-state index is 14.3. The summed E-state index contributed by atoms with van der Waals surface area (Å²) in [6, 6.07) is 3.99. The second-order valence-electron chi connectivity index (χ2n) is 8.77. The van der Waals surface area contributed by atoms with Gasteiger partial charge in [0.05, 0.1) is 12.7 Å². The van der Waals surface area contributed by atoms with Crippen molar-refractivity contribution in [2.75, 3.05) is 0 Å². The SMILES string of the molecule is Cc1ccc(C)n1-c1ncnc2c1ncn2[C@@H]1O[C@@]2(CC2(F)F)[C@H]2OC(C)(C)O[C@@H]12. The highest BCUT2D eigenvalue weighted by Gasteiger charge is 2.84. The third-order valence-corrected chi connectivity index (χ3v) is 6.28. The molecule has 8 nitrogen and oxygen atoms in total. The molecule has 0 N–H and O–H groups in total. The quantitative estimate of drug-likeness (QED) is 0.638.